The van der Waals surface area contributed by atoms with E-state index in [1.807, 2.05) is 30.3 Å². The SMILES string of the molecule is COc1ccc(-c2ccncc2)cc1CN(C(=O)c1sc2c(F)ccc(F)c2c1Cl)C1CCC(=O)CC1. The van der Waals surface area contributed by atoms with Crippen LogP contribution in [0.5, 0.6) is 5.75 Å². The molecule has 1 aliphatic carbocycles. The van der Waals surface area contributed by atoms with Gasteiger partial charge >= 0.3 is 0 Å². The first-order chi connectivity index (χ1) is 17.9. The number of rotatable bonds is 6. The topological polar surface area (TPSA) is 59.5 Å². The number of Topliss-reactive ketones (excluding diaryl/α,β-unsaturated/α-hetero) is 1. The highest BCUT2D eigenvalue weighted by molar-refractivity contribution is 7.21. The van der Waals surface area contributed by atoms with E-state index in [-0.39, 0.29) is 38.4 Å². The number of carbonyl (C=O) groups excluding carboxylic acids is 2. The lowest BCUT2D eigenvalue weighted by atomic mass is 9.92. The molecule has 2 aromatic heterocycles. The van der Waals surface area contributed by atoms with Crippen molar-refractivity contribution in [1.29, 1.82) is 0 Å². The second kappa shape index (κ2) is 10.6. The Kier molecular flexibility index (Phi) is 7.22. The zero-order valence-corrected chi connectivity index (χ0v) is 21.5. The first-order valence-electron chi connectivity index (χ1n) is 11.8. The monoisotopic (exact) mass is 540 g/mol. The Labute approximate surface area is 221 Å². The Balaban J connectivity index is 1.57. The number of thiophene rings is 1. The zero-order valence-electron chi connectivity index (χ0n) is 20.0. The van der Waals surface area contributed by atoms with Crippen LogP contribution in [0.15, 0.2) is 54.9 Å². The van der Waals surface area contributed by atoms with Crippen molar-refractivity contribution in [2.45, 2.75) is 38.3 Å². The Morgan fingerprint density at radius 2 is 1.78 bits per heavy atom. The molecule has 5 nitrogen and oxygen atoms in total. The molecule has 0 aliphatic heterocycles. The summed E-state index contributed by atoms with van der Waals surface area (Å²) in [5.74, 6) is -0.991. The number of ether oxygens (including phenoxy) is 1. The minimum atomic E-state index is -0.682. The average Bonchev–Trinajstić information content (AvgIpc) is 3.28. The number of hydrogen-bond donors (Lipinski definition) is 0. The van der Waals surface area contributed by atoms with Gasteiger partial charge in [0.25, 0.3) is 5.91 Å². The van der Waals surface area contributed by atoms with E-state index in [9.17, 15) is 18.4 Å². The van der Waals surface area contributed by atoms with Crippen LogP contribution in [0.25, 0.3) is 21.2 Å². The normalized spacial score (nSPS) is 14.2. The van der Waals surface area contributed by atoms with E-state index < -0.39 is 17.5 Å². The molecule has 1 amide bonds. The molecule has 5 rings (SSSR count). The molecule has 190 valence electrons. The second-order valence-corrected chi connectivity index (χ2v) is 10.3. The van der Waals surface area contributed by atoms with Gasteiger partial charge in [-0.3, -0.25) is 14.6 Å². The van der Waals surface area contributed by atoms with Gasteiger partial charge < -0.3 is 9.64 Å². The molecule has 1 saturated carbocycles. The third-order valence-electron chi connectivity index (χ3n) is 6.73. The van der Waals surface area contributed by atoms with Crippen LogP contribution in [0.3, 0.4) is 0 Å². The highest BCUT2D eigenvalue weighted by atomic mass is 35.5. The lowest BCUT2D eigenvalue weighted by Gasteiger charge is -2.34. The quantitative estimate of drug-likeness (QED) is 0.263. The van der Waals surface area contributed by atoms with Gasteiger partial charge in [-0.05, 0) is 60.4 Å². The number of fused-ring (bicyclic) bond motifs is 1. The van der Waals surface area contributed by atoms with Crippen molar-refractivity contribution in [3.63, 3.8) is 0 Å². The minimum absolute atomic E-state index is 0.00406. The minimum Gasteiger partial charge on any atom is -0.496 e. The van der Waals surface area contributed by atoms with Gasteiger partial charge in [-0.15, -0.1) is 11.3 Å². The average molecular weight is 541 g/mol. The summed E-state index contributed by atoms with van der Waals surface area (Å²) in [7, 11) is 1.56. The van der Waals surface area contributed by atoms with E-state index in [0.717, 1.165) is 40.2 Å². The number of benzene rings is 2. The second-order valence-electron chi connectivity index (χ2n) is 8.94. The van der Waals surface area contributed by atoms with E-state index in [0.29, 0.717) is 31.4 Å². The summed E-state index contributed by atoms with van der Waals surface area (Å²) in [5.41, 5.74) is 2.64. The Hall–Kier alpha value is -3.36. The molecule has 4 aromatic rings. The maximum Gasteiger partial charge on any atom is 0.266 e. The maximum atomic E-state index is 14.5. The molecule has 9 heteroatoms. The number of nitrogens with zero attached hydrogens (tertiary/aromatic N) is 2. The van der Waals surface area contributed by atoms with Gasteiger partial charge in [0.1, 0.15) is 28.0 Å². The first kappa shape index (κ1) is 25.3. The van der Waals surface area contributed by atoms with Gasteiger partial charge in [0.2, 0.25) is 0 Å². The smallest absolute Gasteiger partial charge is 0.266 e. The largest absolute Gasteiger partial charge is 0.496 e. The van der Waals surface area contributed by atoms with Crippen molar-refractivity contribution in [2.24, 2.45) is 0 Å². The van der Waals surface area contributed by atoms with Gasteiger partial charge in [0.15, 0.2) is 0 Å². The van der Waals surface area contributed by atoms with Crippen LogP contribution >= 0.6 is 22.9 Å². The van der Waals surface area contributed by atoms with Gasteiger partial charge in [-0.1, -0.05) is 17.7 Å². The molecule has 0 saturated heterocycles. The Morgan fingerprint density at radius 3 is 2.46 bits per heavy atom. The summed E-state index contributed by atoms with van der Waals surface area (Å²) in [6.45, 7) is 0.176. The summed E-state index contributed by atoms with van der Waals surface area (Å²) < 4.78 is 34.6. The number of amides is 1. The molecule has 0 bridgehead atoms. The maximum absolute atomic E-state index is 14.5. The van der Waals surface area contributed by atoms with Gasteiger partial charge in [0, 0.05) is 43.4 Å². The predicted molar refractivity (Wildman–Crippen MR) is 140 cm³/mol. The Bertz CT molecular complexity index is 1480. The third-order valence-corrected chi connectivity index (χ3v) is 8.40. The van der Waals surface area contributed by atoms with Crippen LogP contribution in [0.4, 0.5) is 8.78 Å². The fraction of sp³-hybridized carbons (Fsp3) is 0.250. The van der Waals surface area contributed by atoms with E-state index >= 15 is 0 Å². The fourth-order valence-electron chi connectivity index (χ4n) is 4.78. The van der Waals surface area contributed by atoms with Crippen molar-refractivity contribution in [3.05, 3.63) is 82.0 Å². The molecule has 37 heavy (non-hydrogen) atoms. The summed E-state index contributed by atoms with van der Waals surface area (Å²) in [6.07, 6.45) is 5.15. The highest BCUT2D eigenvalue weighted by Gasteiger charge is 2.32. The lowest BCUT2D eigenvalue weighted by molar-refractivity contribution is -0.121. The third kappa shape index (κ3) is 4.95. The number of aromatic nitrogens is 1. The molecule has 0 atom stereocenters. The molecule has 0 radical (unpaired) electrons. The number of methoxy groups -OCH3 is 1. The van der Waals surface area contributed by atoms with E-state index in [1.54, 1.807) is 24.4 Å². The van der Waals surface area contributed by atoms with E-state index in [4.69, 9.17) is 16.3 Å². The molecule has 1 fully saturated rings. The van der Waals surface area contributed by atoms with Gasteiger partial charge in [-0.2, -0.15) is 0 Å². The van der Waals surface area contributed by atoms with Crippen molar-refractivity contribution in [2.75, 3.05) is 7.11 Å². The molecular formula is C28H23ClF2N2O3S. The number of ketones is 1. The van der Waals surface area contributed by atoms with Gasteiger partial charge in [-0.25, -0.2) is 8.78 Å². The molecular weight excluding hydrogens is 518 g/mol. The zero-order chi connectivity index (χ0) is 26.1. The fourth-order valence-corrected chi connectivity index (χ4v) is 6.28. The van der Waals surface area contributed by atoms with E-state index in [1.165, 1.54) is 0 Å². The Morgan fingerprint density at radius 1 is 1.08 bits per heavy atom. The molecule has 0 N–H and O–H groups in total. The number of hydrogen-bond acceptors (Lipinski definition) is 5. The molecule has 2 heterocycles. The predicted octanol–water partition coefficient (Wildman–Crippen LogP) is 7.06. The van der Waals surface area contributed by atoms with Crippen molar-refractivity contribution in [1.82, 2.24) is 9.88 Å². The van der Waals surface area contributed by atoms with Crippen molar-refractivity contribution < 1.29 is 23.1 Å². The summed E-state index contributed by atoms with van der Waals surface area (Å²) in [6, 6.07) is 11.3. The number of pyridine rings is 1. The highest BCUT2D eigenvalue weighted by Crippen LogP contribution is 2.40. The van der Waals surface area contributed by atoms with E-state index in [2.05, 4.69) is 4.98 Å². The lowest BCUT2D eigenvalue weighted by Crippen LogP contribution is -2.42. The standard InChI is InChI=1S/C28H23ClF2N2O3S/c1-36-23-9-2-17(16-10-12-32-13-11-16)14-18(23)15-33(19-3-5-20(34)6-4-19)28(35)27-25(29)24-21(30)7-8-22(31)26(24)37-27/h2,7-14,19H,3-6,15H2,1H3. The molecule has 2 aromatic carbocycles. The van der Waals surface area contributed by atoms with Crippen LogP contribution in [-0.2, 0) is 11.3 Å². The number of halogens is 3. The van der Waals surface area contributed by atoms with Gasteiger partial charge in [0.05, 0.1) is 22.2 Å². The van der Waals surface area contributed by atoms with Crippen LogP contribution in [-0.4, -0.2) is 34.7 Å². The summed E-state index contributed by atoms with van der Waals surface area (Å²) in [4.78, 5) is 31.7. The summed E-state index contributed by atoms with van der Waals surface area (Å²) >= 11 is 7.32. The van der Waals surface area contributed by atoms with Crippen LogP contribution in [0, 0.1) is 11.6 Å². The molecule has 0 spiro atoms. The molecule has 0 unspecified atom stereocenters. The molecule has 1 aliphatic rings. The van der Waals surface area contributed by atoms with Crippen LogP contribution < -0.4 is 4.74 Å². The van der Waals surface area contributed by atoms with Crippen molar-refractivity contribution >= 4 is 44.7 Å². The first-order valence-corrected chi connectivity index (χ1v) is 13.0. The number of carbonyl (C=O) groups is 2. The summed E-state index contributed by atoms with van der Waals surface area (Å²) in [5, 5.41) is -0.192. The van der Waals surface area contributed by atoms with Crippen LogP contribution in [0.2, 0.25) is 5.02 Å². The van der Waals surface area contributed by atoms with Crippen molar-refractivity contribution in [3.8, 4) is 16.9 Å². The van der Waals surface area contributed by atoms with Crippen LogP contribution in [0.1, 0.15) is 40.9 Å².